The van der Waals surface area contributed by atoms with Gasteiger partial charge in [0, 0.05) is 50.2 Å². The lowest BCUT2D eigenvalue weighted by atomic mass is 10.3. The van der Waals surface area contributed by atoms with Gasteiger partial charge in [-0.2, -0.15) is 0 Å². The van der Waals surface area contributed by atoms with Crippen molar-refractivity contribution in [3.8, 4) is 11.8 Å². The van der Waals surface area contributed by atoms with E-state index in [4.69, 9.17) is 9.47 Å². The Morgan fingerprint density at radius 2 is 1.90 bits per heavy atom. The molecule has 0 N–H and O–H groups in total. The molecule has 1 aromatic carbocycles. The highest BCUT2D eigenvalue weighted by atomic mass is 19.2. The zero-order valence-electron chi connectivity index (χ0n) is 16.8. The molecule has 0 radical (unpaired) electrons. The topological polar surface area (TPSA) is 88.1 Å². The normalized spacial score (nSPS) is 18.6. The van der Waals surface area contributed by atoms with Gasteiger partial charge in [0.25, 0.3) is 11.8 Å². The van der Waals surface area contributed by atoms with Crippen molar-refractivity contribution in [3.63, 3.8) is 0 Å². The molecule has 2 aliphatic heterocycles. The third-order valence-electron chi connectivity index (χ3n) is 5.24. The maximum Gasteiger partial charge on any atom is 0.325 e. The summed E-state index contributed by atoms with van der Waals surface area (Å²) >= 11 is 0. The van der Waals surface area contributed by atoms with Crippen molar-refractivity contribution in [1.29, 1.82) is 0 Å². The molecule has 31 heavy (non-hydrogen) atoms. The number of likely N-dealkylation sites (tertiary alicyclic amines) is 1. The molecule has 0 saturated carbocycles. The van der Waals surface area contributed by atoms with Crippen molar-refractivity contribution in [2.45, 2.75) is 12.5 Å². The van der Waals surface area contributed by atoms with Crippen LogP contribution in [0.4, 0.5) is 19.3 Å². The molecule has 3 heterocycles. The molecule has 1 unspecified atom stereocenters. The SMILES string of the molecule is COc1nccnc1OC1CCN(C(=O)CN2CCN(c3ccc(F)c(F)c3)C2=O)C1. The first kappa shape index (κ1) is 20.8. The van der Waals surface area contributed by atoms with E-state index in [9.17, 15) is 18.4 Å². The number of urea groups is 1. The molecule has 2 fully saturated rings. The Balaban J connectivity index is 1.32. The second-order valence-corrected chi connectivity index (χ2v) is 7.19. The van der Waals surface area contributed by atoms with E-state index in [1.165, 1.54) is 35.4 Å². The molecule has 164 valence electrons. The first-order valence-electron chi connectivity index (χ1n) is 9.77. The number of aromatic nitrogens is 2. The average molecular weight is 433 g/mol. The van der Waals surface area contributed by atoms with Crippen LogP contribution in [-0.4, -0.2) is 77.6 Å². The molecule has 9 nitrogen and oxygen atoms in total. The highest BCUT2D eigenvalue weighted by molar-refractivity contribution is 5.96. The van der Waals surface area contributed by atoms with E-state index >= 15 is 0 Å². The van der Waals surface area contributed by atoms with Gasteiger partial charge in [0.1, 0.15) is 12.6 Å². The number of amides is 3. The number of benzene rings is 1. The van der Waals surface area contributed by atoms with Crippen LogP contribution < -0.4 is 14.4 Å². The summed E-state index contributed by atoms with van der Waals surface area (Å²) in [5, 5.41) is 0. The zero-order valence-corrected chi connectivity index (χ0v) is 16.8. The molecule has 2 aliphatic rings. The minimum absolute atomic E-state index is 0.0970. The molecule has 0 bridgehead atoms. The van der Waals surface area contributed by atoms with Gasteiger partial charge in [-0.15, -0.1) is 0 Å². The van der Waals surface area contributed by atoms with Gasteiger partial charge in [0.2, 0.25) is 5.91 Å². The number of methoxy groups -OCH3 is 1. The highest BCUT2D eigenvalue weighted by Crippen LogP contribution is 2.25. The monoisotopic (exact) mass is 433 g/mol. The maximum absolute atomic E-state index is 13.5. The molecule has 0 spiro atoms. The van der Waals surface area contributed by atoms with Crippen LogP contribution in [0.5, 0.6) is 11.8 Å². The standard InChI is InChI=1S/C20H21F2N5O4/c1-30-18-19(24-6-5-23-18)31-14-4-7-25(11-14)17(28)12-26-8-9-27(20(26)29)13-2-3-15(21)16(22)10-13/h2-3,5-6,10,14H,4,7-9,11-12H2,1H3. The van der Waals surface area contributed by atoms with Gasteiger partial charge >= 0.3 is 6.03 Å². The van der Waals surface area contributed by atoms with Crippen LogP contribution in [0.15, 0.2) is 30.6 Å². The minimum Gasteiger partial charge on any atom is -0.477 e. The smallest absolute Gasteiger partial charge is 0.325 e. The summed E-state index contributed by atoms with van der Waals surface area (Å²) in [5.41, 5.74) is 0.256. The van der Waals surface area contributed by atoms with Crippen LogP contribution in [-0.2, 0) is 4.79 Å². The molecular weight excluding hydrogens is 412 g/mol. The summed E-state index contributed by atoms with van der Waals surface area (Å²) in [4.78, 5) is 37.8. The molecule has 4 rings (SSSR count). The second-order valence-electron chi connectivity index (χ2n) is 7.19. The number of carbonyl (C=O) groups excluding carboxylic acids is 2. The number of halogens is 2. The lowest BCUT2D eigenvalue weighted by Gasteiger charge is -2.22. The Hall–Kier alpha value is -3.50. The van der Waals surface area contributed by atoms with Crippen LogP contribution in [0.1, 0.15) is 6.42 Å². The second kappa shape index (κ2) is 8.70. The largest absolute Gasteiger partial charge is 0.477 e. The average Bonchev–Trinajstić information content (AvgIpc) is 3.38. The van der Waals surface area contributed by atoms with E-state index in [2.05, 4.69) is 9.97 Å². The molecule has 0 aliphatic carbocycles. The summed E-state index contributed by atoms with van der Waals surface area (Å²) < 4.78 is 37.6. The lowest BCUT2D eigenvalue weighted by molar-refractivity contribution is -0.130. The fraction of sp³-hybridized carbons (Fsp3) is 0.400. The molecule has 2 saturated heterocycles. The van der Waals surface area contributed by atoms with Crippen LogP contribution in [0.2, 0.25) is 0 Å². The molecular formula is C20H21F2N5O4. The minimum atomic E-state index is -1.03. The van der Waals surface area contributed by atoms with E-state index < -0.39 is 17.7 Å². The van der Waals surface area contributed by atoms with Crippen molar-refractivity contribution in [3.05, 3.63) is 42.2 Å². The van der Waals surface area contributed by atoms with Gasteiger partial charge in [-0.3, -0.25) is 9.69 Å². The van der Waals surface area contributed by atoms with Gasteiger partial charge in [0.15, 0.2) is 11.6 Å². The van der Waals surface area contributed by atoms with Crippen molar-refractivity contribution >= 4 is 17.6 Å². The highest BCUT2D eigenvalue weighted by Gasteiger charge is 2.34. The van der Waals surface area contributed by atoms with E-state index in [0.29, 0.717) is 26.1 Å². The summed E-state index contributed by atoms with van der Waals surface area (Å²) in [7, 11) is 1.47. The first-order chi connectivity index (χ1) is 15.0. The summed E-state index contributed by atoms with van der Waals surface area (Å²) in [6, 6.07) is 2.87. The van der Waals surface area contributed by atoms with Crippen LogP contribution in [0.25, 0.3) is 0 Å². The Labute approximate surface area is 177 Å². The Morgan fingerprint density at radius 1 is 1.13 bits per heavy atom. The van der Waals surface area contributed by atoms with E-state index in [1.807, 2.05) is 0 Å². The molecule has 1 atom stereocenters. The van der Waals surface area contributed by atoms with E-state index in [0.717, 1.165) is 12.1 Å². The number of hydrogen-bond donors (Lipinski definition) is 0. The summed E-state index contributed by atoms with van der Waals surface area (Å²) in [6.07, 6.45) is 3.34. The third kappa shape index (κ3) is 4.35. The van der Waals surface area contributed by atoms with Crippen molar-refractivity contribution in [2.24, 2.45) is 0 Å². The zero-order chi connectivity index (χ0) is 22.0. The van der Waals surface area contributed by atoms with Crippen LogP contribution in [0, 0.1) is 11.6 Å². The fourth-order valence-electron chi connectivity index (χ4n) is 3.63. The number of hydrogen-bond acceptors (Lipinski definition) is 6. The van der Waals surface area contributed by atoms with Crippen LogP contribution >= 0.6 is 0 Å². The van der Waals surface area contributed by atoms with Gasteiger partial charge in [0.05, 0.1) is 13.7 Å². The maximum atomic E-state index is 13.5. The quantitative estimate of drug-likeness (QED) is 0.689. The first-order valence-corrected chi connectivity index (χ1v) is 9.77. The number of carbonyl (C=O) groups is 2. The summed E-state index contributed by atoms with van der Waals surface area (Å²) in [6.45, 7) is 1.35. The van der Waals surface area contributed by atoms with Crippen LogP contribution in [0.3, 0.4) is 0 Å². The van der Waals surface area contributed by atoms with Gasteiger partial charge in [-0.25, -0.2) is 23.5 Å². The van der Waals surface area contributed by atoms with Crippen molar-refractivity contribution in [1.82, 2.24) is 19.8 Å². The van der Waals surface area contributed by atoms with E-state index in [-0.39, 0.29) is 42.5 Å². The summed E-state index contributed by atoms with van der Waals surface area (Å²) in [5.74, 6) is -1.68. The number of nitrogens with zero attached hydrogens (tertiary/aromatic N) is 5. The number of rotatable bonds is 6. The Morgan fingerprint density at radius 3 is 2.65 bits per heavy atom. The van der Waals surface area contributed by atoms with Crippen molar-refractivity contribution in [2.75, 3.05) is 44.7 Å². The molecule has 1 aromatic heterocycles. The van der Waals surface area contributed by atoms with Gasteiger partial charge in [-0.1, -0.05) is 0 Å². The molecule has 3 amide bonds. The van der Waals surface area contributed by atoms with Gasteiger partial charge < -0.3 is 19.3 Å². The third-order valence-corrected chi connectivity index (χ3v) is 5.24. The lowest BCUT2D eigenvalue weighted by Crippen LogP contribution is -2.42. The molecule has 2 aromatic rings. The van der Waals surface area contributed by atoms with Gasteiger partial charge in [-0.05, 0) is 12.1 Å². The fourth-order valence-corrected chi connectivity index (χ4v) is 3.63. The number of ether oxygens (including phenoxy) is 2. The molecule has 11 heteroatoms. The van der Waals surface area contributed by atoms with E-state index in [1.54, 1.807) is 4.90 Å². The Kier molecular flexibility index (Phi) is 5.83. The number of anilines is 1. The predicted octanol–water partition coefficient (Wildman–Crippen LogP) is 1.69. The Bertz CT molecular complexity index is 992. The van der Waals surface area contributed by atoms with Crippen molar-refractivity contribution < 1.29 is 27.8 Å². The predicted molar refractivity (Wildman–Crippen MR) is 105 cm³/mol.